The number of halogens is 1. The molecule has 4 rings (SSSR count). The Morgan fingerprint density at radius 2 is 1.93 bits per heavy atom. The maximum absolute atomic E-state index is 13.2. The number of aromatic nitrogens is 3. The lowest BCUT2D eigenvalue weighted by molar-refractivity contribution is 0.0684. The average molecular weight is 384 g/mol. The highest BCUT2D eigenvalue weighted by Crippen LogP contribution is 2.21. The number of rotatable bonds is 2. The summed E-state index contributed by atoms with van der Waals surface area (Å²) in [7, 11) is 1.66. The Kier molecular flexibility index (Phi) is 4.41. The van der Waals surface area contributed by atoms with Crippen molar-refractivity contribution in [3.8, 4) is 5.69 Å². The molecule has 0 bridgehead atoms. The quantitative estimate of drug-likeness (QED) is 0.734. The van der Waals surface area contributed by atoms with Crippen LogP contribution < -0.4 is 11.2 Å². The van der Waals surface area contributed by atoms with Gasteiger partial charge in [0.25, 0.3) is 11.5 Å². The summed E-state index contributed by atoms with van der Waals surface area (Å²) >= 11 is 0. The first-order chi connectivity index (χ1) is 13.4. The standard InChI is InChI=1S/C20H21FN4O3/c1-12-4-3-9-24(10-12)18(26)15-11-23(2)17-16(15)22-20(28)25(19(17)27)14-7-5-13(21)6-8-14/h5-8,11-12H,3-4,9-10H2,1-2H3,(H,22,28)/t12-/m0/s1. The van der Waals surface area contributed by atoms with Gasteiger partial charge in [-0.15, -0.1) is 0 Å². The number of hydrogen-bond donors (Lipinski definition) is 1. The van der Waals surface area contributed by atoms with Gasteiger partial charge in [0.2, 0.25) is 0 Å². The monoisotopic (exact) mass is 384 g/mol. The molecule has 8 heteroatoms. The number of nitrogens with one attached hydrogen (secondary N) is 1. The molecule has 1 aliphatic heterocycles. The molecule has 1 saturated heterocycles. The summed E-state index contributed by atoms with van der Waals surface area (Å²) in [6, 6.07) is 5.09. The topological polar surface area (TPSA) is 80.1 Å². The van der Waals surface area contributed by atoms with E-state index in [-0.39, 0.29) is 22.6 Å². The number of amides is 1. The van der Waals surface area contributed by atoms with Gasteiger partial charge in [-0.3, -0.25) is 9.59 Å². The van der Waals surface area contributed by atoms with Crippen LogP contribution in [-0.4, -0.2) is 38.0 Å². The molecule has 0 aliphatic carbocycles. The number of H-pyrrole nitrogens is 1. The first kappa shape index (κ1) is 18.2. The fourth-order valence-corrected chi connectivity index (χ4v) is 3.90. The molecule has 0 spiro atoms. The SMILES string of the molecule is C[C@H]1CCCN(C(=O)c2cn(C)c3c(=O)n(-c4ccc(F)cc4)c(=O)[nH]c23)C1. The minimum Gasteiger partial charge on any atom is -0.344 e. The van der Waals surface area contributed by atoms with Crippen LogP contribution in [0.25, 0.3) is 16.7 Å². The Morgan fingerprint density at radius 3 is 2.61 bits per heavy atom. The van der Waals surface area contributed by atoms with Gasteiger partial charge in [-0.2, -0.15) is 0 Å². The molecule has 0 unspecified atom stereocenters. The van der Waals surface area contributed by atoms with Crippen LogP contribution in [0.5, 0.6) is 0 Å². The molecule has 1 aliphatic rings. The van der Waals surface area contributed by atoms with Crippen LogP contribution >= 0.6 is 0 Å². The number of carbonyl (C=O) groups is 1. The molecule has 2 aromatic heterocycles. The highest BCUT2D eigenvalue weighted by molar-refractivity contribution is 6.05. The van der Waals surface area contributed by atoms with Gasteiger partial charge in [-0.25, -0.2) is 13.8 Å². The zero-order chi connectivity index (χ0) is 20.0. The number of benzene rings is 1. The average Bonchev–Trinajstić information content (AvgIpc) is 2.99. The normalized spacial score (nSPS) is 17.2. The zero-order valence-electron chi connectivity index (χ0n) is 15.7. The number of likely N-dealkylation sites (tertiary alicyclic amines) is 1. The van der Waals surface area contributed by atoms with Gasteiger partial charge in [0.15, 0.2) is 0 Å². The summed E-state index contributed by atoms with van der Waals surface area (Å²) < 4.78 is 15.7. The first-order valence-electron chi connectivity index (χ1n) is 9.26. The molecule has 3 aromatic rings. The van der Waals surface area contributed by atoms with Gasteiger partial charge in [-0.05, 0) is 43.0 Å². The van der Waals surface area contributed by atoms with E-state index < -0.39 is 17.1 Å². The summed E-state index contributed by atoms with van der Waals surface area (Å²) in [6.07, 6.45) is 3.60. The summed E-state index contributed by atoms with van der Waals surface area (Å²) in [6.45, 7) is 3.42. The van der Waals surface area contributed by atoms with Crippen LogP contribution in [-0.2, 0) is 7.05 Å². The number of carbonyl (C=O) groups excluding carboxylic acids is 1. The van der Waals surface area contributed by atoms with Gasteiger partial charge >= 0.3 is 5.69 Å². The minimum atomic E-state index is -0.670. The predicted molar refractivity (Wildman–Crippen MR) is 103 cm³/mol. The molecule has 1 atom stereocenters. The number of fused-ring (bicyclic) bond motifs is 1. The zero-order valence-corrected chi connectivity index (χ0v) is 15.7. The van der Waals surface area contributed by atoms with Crippen LogP contribution in [0.1, 0.15) is 30.1 Å². The lowest BCUT2D eigenvalue weighted by Crippen LogP contribution is -2.39. The first-order valence-corrected chi connectivity index (χ1v) is 9.26. The lowest BCUT2D eigenvalue weighted by atomic mass is 10.00. The van der Waals surface area contributed by atoms with Crippen molar-refractivity contribution >= 4 is 16.9 Å². The molecule has 7 nitrogen and oxygen atoms in total. The van der Waals surface area contributed by atoms with Crippen molar-refractivity contribution in [3.63, 3.8) is 0 Å². The summed E-state index contributed by atoms with van der Waals surface area (Å²) in [5, 5.41) is 0. The molecule has 1 amide bonds. The fourth-order valence-electron chi connectivity index (χ4n) is 3.90. The Balaban J connectivity index is 1.86. The molecule has 28 heavy (non-hydrogen) atoms. The molecule has 3 heterocycles. The second kappa shape index (κ2) is 6.78. The molecule has 0 radical (unpaired) electrons. The van der Waals surface area contributed by atoms with E-state index in [4.69, 9.17) is 0 Å². The summed E-state index contributed by atoms with van der Waals surface area (Å²) in [4.78, 5) is 43.1. The van der Waals surface area contributed by atoms with Gasteiger partial charge in [0.05, 0.1) is 16.8 Å². The van der Waals surface area contributed by atoms with E-state index in [1.165, 1.54) is 24.3 Å². The smallest absolute Gasteiger partial charge is 0.333 e. The van der Waals surface area contributed by atoms with Crippen LogP contribution in [0.3, 0.4) is 0 Å². The van der Waals surface area contributed by atoms with Crippen molar-refractivity contribution in [2.45, 2.75) is 19.8 Å². The van der Waals surface area contributed by atoms with Crippen molar-refractivity contribution in [1.29, 1.82) is 0 Å². The second-order valence-electron chi connectivity index (χ2n) is 7.42. The van der Waals surface area contributed by atoms with Crippen molar-refractivity contribution < 1.29 is 9.18 Å². The van der Waals surface area contributed by atoms with Crippen LogP contribution in [0.4, 0.5) is 4.39 Å². The van der Waals surface area contributed by atoms with Crippen LogP contribution in [0.2, 0.25) is 0 Å². The Bertz CT molecular complexity index is 1170. The number of hydrogen-bond acceptors (Lipinski definition) is 3. The van der Waals surface area contributed by atoms with E-state index in [0.717, 1.165) is 17.4 Å². The molecular formula is C20H21FN4O3. The molecular weight excluding hydrogens is 363 g/mol. The van der Waals surface area contributed by atoms with Crippen LogP contribution in [0, 0.1) is 11.7 Å². The summed E-state index contributed by atoms with van der Waals surface area (Å²) in [5.74, 6) is -0.231. The Morgan fingerprint density at radius 1 is 1.21 bits per heavy atom. The number of nitrogens with zero attached hydrogens (tertiary/aromatic N) is 3. The maximum Gasteiger partial charge on any atom is 0.333 e. The second-order valence-corrected chi connectivity index (χ2v) is 7.42. The van der Waals surface area contributed by atoms with E-state index in [9.17, 15) is 18.8 Å². The third kappa shape index (κ3) is 2.94. The molecule has 1 N–H and O–H groups in total. The molecule has 0 saturated carbocycles. The molecule has 1 fully saturated rings. The Hall–Kier alpha value is -3.16. The van der Waals surface area contributed by atoms with Gasteiger partial charge in [0, 0.05) is 26.3 Å². The predicted octanol–water partition coefficient (Wildman–Crippen LogP) is 2.03. The van der Waals surface area contributed by atoms with Crippen molar-refractivity contribution in [1.82, 2.24) is 19.0 Å². The number of piperidine rings is 1. The van der Waals surface area contributed by atoms with E-state index >= 15 is 0 Å². The van der Waals surface area contributed by atoms with E-state index in [1.807, 2.05) is 0 Å². The largest absolute Gasteiger partial charge is 0.344 e. The van der Waals surface area contributed by atoms with Crippen molar-refractivity contribution in [2.24, 2.45) is 13.0 Å². The van der Waals surface area contributed by atoms with Crippen LogP contribution in [0.15, 0.2) is 40.1 Å². The van der Waals surface area contributed by atoms with Crippen molar-refractivity contribution in [3.05, 3.63) is 62.7 Å². The van der Waals surface area contributed by atoms with Gasteiger partial charge < -0.3 is 14.5 Å². The number of aryl methyl sites for hydroxylation is 1. The van der Waals surface area contributed by atoms with Crippen molar-refractivity contribution in [2.75, 3.05) is 13.1 Å². The summed E-state index contributed by atoms with van der Waals surface area (Å²) in [5.41, 5.74) is -0.202. The lowest BCUT2D eigenvalue weighted by Gasteiger charge is -2.30. The molecule has 146 valence electrons. The Labute approximate surface area is 160 Å². The maximum atomic E-state index is 13.2. The minimum absolute atomic E-state index is 0.188. The highest BCUT2D eigenvalue weighted by atomic mass is 19.1. The van der Waals surface area contributed by atoms with Gasteiger partial charge in [-0.1, -0.05) is 6.92 Å². The van der Waals surface area contributed by atoms with Gasteiger partial charge in [0.1, 0.15) is 11.3 Å². The third-order valence-electron chi connectivity index (χ3n) is 5.28. The van der Waals surface area contributed by atoms with E-state index in [1.54, 1.807) is 22.7 Å². The molecule has 1 aromatic carbocycles. The third-order valence-corrected chi connectivity index (χ3v) is 5.28. The highest BCUT2D eigenvalue weighted by Gasteiger charge is 2.26. The van der Waals surface area contributed by atoms with E-state index in [2.05, 4.69) is 11.9 Å². The fraction of sp³-hybridized carbons (Fsp3) is 0.350. The number of aromatic amines is 1. The van der Waals surface area contributed by atoms with E-state index in [0.29, 0.717) is 24.6 Å².